The molecule has 76 valence electrons. The van der Waals surface area contributed by atoms with E-state index in [-0.39, 0.29) is 6.04 Å². The summed E-state index contributed by atoms with van der Waals surface area (Å²) in [5.41, 5.74) is 5.88. The van der Waals surface area contributed by atoms with E-state index in [2.05, 4.69) is 15.1 Å². The van der Waals surface area contributed by atoms with Gasteiger partial charge in [-0.25, -0.2) is 0 Å². The minimum Gasteiger partial charge on any atom is -0.354 e. The molecule has 0 bridgehead atoms. The quantitative estimate of drug-likeness (QED) is 0.757. The van der Waals surface area contributed by atoms with Crippen molar-refractivity contribution in [2.45, 2.75) is 18.9 Å². The van der Waals surface area contributed by atoms with E-state index in [4.69, 9.17) is 17.3 Å². The summed E-state index contributed by atoms with van der Waals surface area (Å²) < 4.78 is 0. The number of aromatic nitrogens is 2. The Kier molecular flexibility index (Phi) is 2.84. The van der Waals surface area contributed by atoms with E-state index in [1.807, 2.05) is 6.07 Å². The van der Waals surface area contributed by atoms with Gasteiger partial charge in [-0.15, -0.1) is 10.2 Å². The van der Waals surface area contributed by atoms with E-state index < -0.39 is 0 Å². The van der Waals surface area contributed by atoms with Crippen LogP contribution in [0.25, 0.3) is 0 Å². The predicted octanol–water partition coefficient (Wildman–Crippen LogP) is 1.06. The first-order valence-electron chi connectivity index (χ1n) is 4.75. The summed E-state index contributed by atoms with van der Waals surface area (Å²) in [4.78, 5) is 2.15. The molecule has 5 heteroatoms. The molecule has 0 radical (unpaired) electrons. The van der Waals surface area contributed by atoms with Crippen LogP contribution in [0.3, 0.4) is 0 Å². The van der Waals surface area contributed by atoms with Gasteiger partial charge in [-0.3, -0.25) is 0 Å². The number of piperidine rings is 1. The molecule has 1 saturated heterocycles. The van der Waals surface area contributed by atoms with Gasteiger partial charge in [-0.1, -0.05) is 11.6 Å². The van der Waals surface area contributed by atoms with Gasteiger partial charge in [0.25, 0.3) is 0 Å². The van der Waals surface area contributed by atoms with Crippen LogP contribution in [0, 0.1) is 0 Å². The molecule has 1 fully saturated rings. The van der Waals surface area contributed by atoms with Crippen LogP contribution in [0.1, 0.15) is 12.8 Å². The standard InChI is InChI=1S/C9H13ClN4/c10-8-3-4-9(13-12-8)14-5-1-2-7(11)6-14/h3-4,7H,1-2,5-6,11H2/t7-/m0/s1. The number of rotatable bonds is 1. The van der Waals surface area contributed by atoms with E-state index in [9.17, 15) is 0 Å². The second-order valence-electron chi connectivity index (χ2n) is 3.56. The smallest absolute Gasteiger partial charge is 0.151 e. The van der Waals surface area contributed by atoms with Crippen molar-refractivity contribution in [1.29, 1.82) is 0 Å². The van der Waals surface area contributed by atoms with E-state index in [0.717, 1.165) is 31.7 Å². The topological polar surface area (TPSA) is 55.0 Å². The van der Waals surface area contributed by atoms with Crippen molar-refractivity contribution in [2.75, 3.05) is 18.0 Å². The molecule has 1 aliphatic rings. The molecule has 1 aromatic heterocycles. The predicted molar refractivity (Wildman–Crippen MR) is 56.5 cm³/mol. The number of hydrogen-bond donors (Lipinski definition) is 1. The van der Waals surface area contributed by atoms with Crippen molar-refractivity contribution in [3.8, 4) is 0 Å². The molecule has 1 aliphatic heterocycles. The number of hydrogen-bond acceptors (Lipinski definition) is 4. The lowest BCUT2D eigenvalue weighted by Crippen LogP contribution is -2.43. The minimum atomic E-state index is 0.251. The third-order valence-corrected chi connectivity index (χ3v) is 2.60. The van der Waals surface area contributed by atoms with E-state index in [1.165, 1.54) is 0 Å². The summed E-state index contributed by atoms with van der Waals surface area (Å²) in [7, 11) is 0. The van der Waals surface area contributed by atoms with Gasteiger partial charge < -0.3 is 10.6 Å². The molecule has 2 N–H and O–H groups in total. The fraction of sp³-hybridized carbons (Fsp3) is 0.556. The van der Waals surface area contributed by atoms with E-state index >= 15 is 0 Å². The Morgan fingerprint density at radius 1 is 1.43 bits per heavy atom. The largest absolute Gasteiger partial charge is 0.354 e. The first kappa shape index (κ1) is 9.68. The second kappa shape index (κ2) is 4.11. The highest BCUT2D eigenvalue weighted by molar-refractivity contribution is 6.29. The Bertz CT molecular complexity index is 300. The molecule has 0 saturated carbocycles. The monoisotopic (exact) mass is 212 g/mol. The van der Waals surface area contributed by atoms with Gasteiger partial charge in [0.05, 0.1) is 0 Å². The van der Waals surface area contributed by atoms with Gasteiger partial charge in [0.15, 0.2) is 11.0 Å². The lowest BCUT2D eigenvalue weighted by atomic mass is 10.1. The molecule has 0 amide bonds. The summed E-state index contributed by atoms with van der Waals surface area (Å²) in [6, 6.07) is 3.89. The SMILES string of the molecule is N[C@H]1CCCN(c2ccc(Cl)nn2)C1. The van der Waals surface area contributed by atoms with Gasteiger partial charge in [0.1, 0.15) is 0 Å². The molecular weight excluding hydrogens is 200 g/mol. The average molecular weight is 213 g/mol. The summed E-state index contributed by atoms with van der Waals surface area (Å²) in [6.07, 6.45) is 2.21. The Hall–Kier alpha value is -0.870. The molecule has 14 heavy (non-hydrogen) atoms. The molecule has 2 rings (SSSR count). The average Bonchev–Trinajstić information content (AvgIpc) is 2.19. The van der Waals surface area contributed by atoms with Crippen LogP contribution < -0.4 is 10.6 Å². The fourth-order valence-electron chi connectivity index (χ4n) is 1.70. The summed E-state index contributed by atoms with van der Waals surface area (Å²) in [5.74, 6) is 0.865. The number of nitrogens with two attached hydrogens (primary N) is 1. The molecular formula is C9H13ClN4. The highest BCUT2D eigenvalue weighted by Gasteiger charge is 2.17. The van der Waals surface area contributed by atoms with E-state index in [0.29, 0.717) is 5.15 Å². The fourth-order valence-corrected chi connectivity index (χ4v) is 1.80. The Labute approximate surface area is 88.1 Å². The van der Waals surface area contributed by atoms with Crippen molar-refractivity contribution < 1.29 is 0 Å². The molecule has 2 heterocycles. The Balaban J connectivity index is 2.10. The maximum Gasteiger partial charge on any atom is 0.151 e. The number of nitrogens with zero attached hydrogens (tertiary/aromatic N) is 3. The van der Waals surface area contributed by atoms with Gasteiger partial charge in [0, 0.05) is 19.1 Å². The van der Waals surface area contributed by atoms with Crippen molar-refractivity contribution in [1.82, 2.24) is 10.2 Å². The summed E-state index contributed by atoms with van der Waals surface area (Å²) in [6.45, 7) is 1.86. The molecule has 0 spiro atoms. The van der Waals surface area contributed by atoms with Crippen molar-refractivity contribution in [3.63, 3.8) is 0 Å². The number of halogens is 1. The zero-order valence-corrected chi connectivity index (χ0v) is 8.61. The summed E-state index contributed by atoms with van der Waals surface area (Å²) in [5, 5.41) is 8.26. The maximum atomic E-state index is 5.88. The van der Waals surface area contributed by atoms with Crippen LogP contribution in [0.5, 0.6) is 0 Å². The first-order valence-corrected chi connectivity index (χ1v) is 5.13. The van der Waals surface area contributed by atoms with E-state index in [1.54, 1.807) is 6.07 Å². The molecule has 1 atom stereocenters. The second-order valence-corrected chi connectivity index (χ2v) is 3.95. The Morgan fingerprint density at radius 3 is 2.93 bits per heavy atom. The molecule has 4 nitrogen and oxygen atoms in total. The van der Waals surface area contributed by atoms with Gasteiger partial charge >= 0.3 is 0 Å². The van der Waals surface area contributed by atoms with Gasteiger partial charge in [-0.05, 0) is 25.0 Å². The summed E-state index contributed by atoms with van der Waals surface area (Å²) >= 11 is 5.66. The van der Waals surface area contributed by atoms with Crippen LogP contribution in [-0.4, -0.2) is 29.3 Å². The van der Waals surface area contributed by atoms with Crippen molar-refractivity contribution in [3.05, 3.63) is 17.3 Å². The highest BCUT2D eigenvalue weighted by Crippen LogP contribution is 2.16. The maximum absolute atomic E-state index is 5.88. The van der Waals surface area contributed by atoms with Crippen LogP contribution in [-0.2, 0) is 0 Å². The lowest BCUT2D eigenvalue weighted by Gasteiger charge is -2.31. The Morgan fingerprint density at radius 2 is 2.29 bits per heavy atom. The molecule has 0 aliphatic carbocycles. The van der Waals surface area contributed by atoms with Crippen molar-refractivity contribution >= 4 is 17.4 Å². The van der Waals surface area contributed by atoms with Gasteiger partial charge in [0.2, 0.25) is 0 Å². The number of anilines is 1. The molecule has 0 unspecified atom stereocenters. The van der Waals surface area contributed by atoms with Gasteiger partial charge in [-0.2, -0.15) is 0 Å². The van der Waals surface area contributed by atoms with Crippen LogP contribution >= 0.6 is 11.6 Å². The lowest BCUT2D eigenvalue weighted by molar-refractivity contribution is 0.502. The van der Waals surface area contributed by atoms with Crippen LogP contribution in [0.15, 0.2) is 12.1 Å². The van der Waals surface area contributed by atoms with Crippen LogP contribution in [0.2, 0.25) is 5.15 Å². The highest BCUT2D eigenvalue weighted by atomic mass is 35.5. The first-order chi connectivity index (χ1) is 6.75. The third-order valence-electron chi connectivity index (χ3n) is 2.40. The normalized spacial score (nSPS) is 22.4. The zero-order valence-electron chi connectivity index (χ0n) is 7.86. The van der Waals surface area contributed by atoms with Crippen molar-refractivity contribution in [2.24, 2.45) is 5.73 Å². The minimum absolute atomic E-state index is 0.251. The zero-order chi connectivity index (χ0) is 9.97. The molecule has 1 aromatic rings. The third kappa shape index (κ3) is 2.13. The van der Waals surface area contributed by atoms with Crippen LogP contribution in [0.4, 0.5) is 5.82 Å². The molecule has 0 aromatic carbocycles.